The van der Waals surface area contributed by atoms with Gasteiger partial charge in [-0.3, -0.25) is 14.5 Å². The maximum Gasteiger partial charge on any atom is 0.294 e. The van der Waals surface area contributed by atoms with Gasteiger partial charge in [-0.1, -0.05) is 19.9 Å². The van der Waals surface area contributed by atoms with Crippen LogP contribution in [0.1, 0.15) is 43.2 Å². The maximum atomic E-state index is 12.9. The Morgan fingerprint density at radius 3 is 2.42 bits per heavy atom. The average Bonchev–Trinajstić information content (AvgIpc) is 3.13. The first-order chi connectivity index (χ1) is 12.3. The van der Waals surface area contributed by atoms with E-state index in [0.29, 0.717) is 11.4 Å². The van der Waals surface area contributed by atoms with Gasteiger partial charge in [0.2, 0.25) is 0 Å². The zero-order chi connectivity index (χ0) is 19.0. The predicted octanol–water partition coefficient (Wildman–Crippen LogP) is 4.41. The summed E-state index contributed by atoms with van der Waals surface area (Å²) < 4.78 is 5.52. The van der Waals surface area contributed by atoms with Crippen molar-refractivity contribution in [3.8, 4) is 0 Å². The van der Waals surface area contributed by atoms with Crippen molar-refractivity contribution in [2.75, 3.05) is 4.90 Å². The van der Waals surface area contributed by atoms with Gasteiger partial charge in [0.25, 0.3) is 5.91 Å². The Kier molecular flexibility index (Phi) is 4.72. The highest BCUT2D eigenvalue weighted by Crippen LogP contribution is 2.42. The quantitative estimate of drug-likeness (QED) is 0.864. The molecule has 2 heterocycles. The highest BCUT2D eigenvalue weighted by Gasteiger charge is 2.45. The Morgan fingerprint density at radius 2 is 1.88 bits per heavy atom. The molecule has 0 spiro atoms. The topological polar surface area (TPSA) is 70.8 Å². The first-order valence-corrected chi connectivity index (χ1v) is 8.71. The highest BCUT2D eigenvalue weighted by atomic mass is 16.3. The molecule has 5 nitrogen and oxygen atoms in total. The summed E-state index contributed by atoms with van der Waals surface area (Å²) in [6, 6.07) is 8.40. The first kappa shape index (κ1) is 18.0. The van der Waals surface area contributed by atoms with Crippen molar-refractivity contribution in [3.05, 3.63) is 64.8 Å². The highest BCUT2D eigenvalue weighted by molar-refractivity contribution is 6.16. The summed E-state index contributed by atoms with van der Waals surface area (Å²) in [5.41, 5.74) is 2.73. The molecule has 1 N–H and O–H groups in total. The largest absolute Gasteiger partial charge is 0.503 e. The van der Waals surface area contributed by atoms with Crippen LogP contribution in [0.15, 0.2) is 52.3 Å². The molecule has 0 saturated heterocycles. The molecule has 1 aromatic heterocycles. The van der Waals surface area contributed by atoms with Gasteiger partial charge >= 0.3 is 0 Å². The molecule has 1 aliphatic rings. The summed E-state index contributed by atoms with van der Waals surface area (Å²) in [4.78, 5) is 27.1. The minimum Gasteiger partial charge on any atom is -0.503 e. The number of aliphatic hydroxyl groups is 1. The van der Waals surface area contributed by atoms with Crippen LogP contribution in [0.2, 0.25) is 0 Å². The molecule has 136 valence electrons. The molecule has 0 fully saturated rings. The second kappa shape index (κ2) is 6.83. The first-order valence-electron chi connectivity index (χ1n) is 8.71. The second-order valence-electron chi connectivity index (χ2n) is 7.22. The molecule has 0 saturated carbocycles. The van der Waals surface area contributed by atoms with Crippen LogP contribution in [0.25, 0.3) is 0 Å². The Balaban J connectivity index is 2.14. The average molecular weight is 353 g/mol. The molecule has 26 heavy (non-hydrogen) atoms. The van der Waals surface area contributed by atoms with E-state index in [4.69, 9.17) is 4.42 Å². The van der Waals surface area contributed by atoms with Gasteiger partial charge in [0.1, 0.15) is 11.8 Å². The number of aliphatic hydroxyl groups excluding tert-OH is 1. The third-order valence-corrected chi connectivity index (χ3v) is 4.40. The van der Waals surface area contributed by atoms with Crippen LogP contribution in [-0.4, -0.2) is 16.8 Å². The molecule has 2 aromatic rings. The molecule has 1 amide bonds. The van der Waals surface area contributed by atoms with Crippen molar-refractivity contribution in [1.29, 1.82) is 0 Å². The number of furan rings is 1. The monoisotopic (exact) mass is 353 g/mol. The summed E-state index contributed by atoms with van der Waals surface area (Å²) in [5, 5.41) is 10.5. The number of amides is 1. The lowest BCUT2D eigenvalue weighted by molar-refractivity contribution is -0.118. The molecular formula is C21H23NO4. The molecular weight excluding hydrogens is 330 g/mol. The van der Waals surface area contributed by atoms with Crippen LogP contribution in [0.4, 0.5) is 5.69 Å². The fraction of sp³-hybridized carbons (Fsp3) is 0.333. The van der Waals surface area contributed by atoms with E-state index in [2.05, 4.69) is 0 Å². The van der Waals surface area contributed by atoms with Crippen molar-refractivity contribution in [2.24, 2.45) is 5.92 Å². The number of ketones is 1. The Bertz CT molecular complexity index is 857. The van der Waals surface area contributed by atoms with E-state index >= 15 is 0 Å². The predicted molar refractivity (Wildman–Crippen MR) is 99.0 cm³/mol. The van der Waals surface area contributed by atoms with Crippen LogP contribution in [0, 0.1) is 19.8 Å². The molecule has 3 rings (SSSR count). The van der Waals surface area contributed by atoms with Crippen molar-refractivity contribution < 1.29 is 19.1 Å². The van der Waals surface area contributed by atoms with Gasteiger partial charge in [-0.2, -0.15) is 0 Å². The zero-order valence-corrected chi connectivity index (χ0v) is 15.4. The summed E-state index contributed by atoms with van der Waals surface area (Å²) in [7, 11) is 0. The second-order valence-corrected chi connectivity index (χ2v) is 7.22. The number of rotatable bonds is 5. The summed E-state index contributed by atoms with van der Waals surface area (Å²) in [6.07, 6.45) is 1.75. The number of hydrogen-bond acceptors (Lipinski definition) is 4. The van der Waals surface area contributed by atoms with Crippen molar-refractivity contribution in [1.82, 2.24) is 0 Å². The smallest absolute Gasteiger partial charge is 0.294 e. The van der Waals surface area contributed by atoms with Gasteiger partial charge in [-0.25, -0.2) is 0 Å². The van der Waals surface area contributed by atoms with E-state index in [0.717, 1.165) is 11.1 Å². The van der Waals surface area contributed by atoms with Gasteiger partial charge in [0, 0.05) is 12.1 Å². The summed E-state index contributed by atoms with van der Waals surface area (Å²) in [5.74, 6) is -0.738. The number of Topliss-reactive ketones (excluding diaryl/α,β-unsaturated/α-hetero) is 1. The van der Waals surface area contributed by atoms with E-state index < -0.39 is 17.7 Å². The van der Waals surface area contributed by atoms with Crippen LogP contribution in [0.5, 0.6) is 0 Å². The summed E-state index contributed by atoms with van der Waals surface area (Å²) >= 11 is 0. The fourth-order valence-electron chi connectivity index (χ4n) is 3.44. The minimum absolute atomic E-state index is 0.109. The Morgan fingerprint density at radius 1 is 1.23 bits per heavy atom. The van der Waals surface area contributed by atoms with Crippen molar-refractivity contribution >= 4 is 17.4 Å². The van der Waals surface area contributed by atoms with Gasteiger partial charge < -0.3 is 9.52 Å². The lowest BCUT2D eigenvalue weighted by atomic mass is 9.95. The van der Waals surface area contributed by atoms with Crippen molar-refractivity contribution in [3.63, 3.8) is 0 Å². The Labute approximate surface area is 152 Å². The van der Waals surface area contributed by atoms with Crippen molar-refractivity contribution in [2.45, 2.75) is 40.2 Å². The molecule has 1 unspecified atom stereocenters. The van der Waals surface area contributed by atoms with Gasteiger partial charge in [-0.05, 0) is 55.2 Å². The summed E-state index contributed by atoms with van der Waals surface area (Å²) in [6.45, 7) is 7.74. The number of hydrogen-bond donors (Lipinski definition) is 1. The molecule has 0 aliphatic carbocycles. The third kappa shape index (κ3) is 3.17. The lowest BCUT2D eigenvalue weighted by Crippen LogP contribution is -2.31. The number of aryl methyl sites for hydroxylation is 2. The Hall–Kier alpha value is -2.82. The number of benzene rings is 1. The molecule has 0 bridgehead atoms. The van der Waals surface area contributed by atoms with Gasteiger partial charge in [-0.15, -0.1) is 0 Å². The van der Waals surface area contributed by atoms with Crippen LogP contribution < -0.4 is 4.90 Å². The van der Waals surface area contributed by atoms with E-state index in [1.807, 2.05) is 45.9 Å². The standard InChI is InChI=1S/C21H23NO4/c1-12(2)8-16(23)18-19(17-6-5-7-26-17)22(21(25)20(18)24)15-10-13(3)9-14(4)11-15/h5-7,9-12,19,24H,8H2,1-4H3. The maximum absolute atomic E-state index is 12.9. The minimum atomic E-state index is -0.759. The SMILES string of the molecule is Cc1cc(C)cc(N2C(=O)C(O)=C(C(=O)CC(C)C)C2c2ccco2)c1. The number of carbonyl (C=O) groups is 2. The third-order valence-electron chi connectivity index (χ3n) is 4.40. The molecule has 1 atom stereocenters. The van der Waals surface area contributed by atoms with Gasteiger partial charge in [0.05, 0.1) is 11.8 Å². The van der Waals surface area contributed by atoms with Crippen LogP contribution >= 0.6 is 0 Å². The molecule has 1 aromatic carbocycles. The van der Waals surface area contributed by atoms with Crippen LogP contribution in [0.3, 0.4) is 0 Å². The zero-order valence-electron chi connectivity index (χ0n) is 15.4. The fourth-order valence-corrected chi connectivity index (χ4v) is 3.44. The molecule has 0 radical (unpaired) electrons. The van der Waals surface area contributed by atoms with E-state index in [1.165, 1.54) is 11.2 Å². The number of anilines is 1. The van der Waals surface area contributed by atoms with E-state index in [9.17, 15) is 14.7 Å². The van der Waals surface area contributed by atoms with Gasteiger partial charge in [0.15, 0.2) is 11.5 Å². The van der Waals surface area contributed by atoms with E-state index in [-0.39, 0.29) is 23.7 Å². The number of nitrogens with zero attached hydrogens (tertiary/aromatic N) is 1. The lowest BCUT2D eigenvalue weighted by Gasteiger charge is -2.25. The normalized spacial score (nSPS) is 17.5. The van der Waals surface area contributed by atoms with Crippen LogP contribution in [-0.2, 0) is 9.59 Å². The molecule has 1 aliphatic heterocycles. The number of carbonyl (C=O) groups excluding carboxylic acids is 2. The van der Waals surface area contributed by atoms with E-state index in [1.54, 1.807) is 12.1 Å². The molecule has 5 heteroatoms.